The standard InChI is InChI=1S/C11H12BrNO2S/c1-13(2)6-8-7-16(14,15)11-9(8)4-3-5-10(11)12/h3-5,7H,6H2,1-2H3. The van der Waals surface area contributed by atoms with Gasteiger partial charge in [0.15, 0.2) is 0 Å². The van der Waals surface area contributed by atoms with Crippen molar-refractivity contribution in [2.75, 3.05) is 20.6 Å². The zero-order valence-electron chi connectivity index (χ0n) is 9.07. The molecule has 0 aliphatic carbocycles. The number of nitrogens with zero attached hydrogens (tertiary/aromatic N) is 1. The first kappa shape index (κ1) is 11.8. The summed E-state index contributed by atoms with van der Waals surface area (Å²) >= 11 is 3.29. The van der Waals surface area contributed by atoms with Crippen LogP contribution < -0.4 is 0 Å². The number of halogens is 1. The topological polar surface area (TPSA) is 37.4 Å². The van der Waals surface area contributed by atoms with Gasteiger partial charge in [-0.3, -0.25) is 0 Å². The van der Waals surface area contributed by atoms with Crippen LogP contribution in [0.4, 0.5) is 0 Å². The lowest BCUT2D eigenvalue weighted by Crippen LogP contribution is -2.13. The highest BCUT2D eigenvalue weighted by atomic mass is 79.9. The Labute approximate surface area is 104 Å². The van der Waals surface area contributed by atoms with E-state index < -0.39 is 9.84 Å². The third-order valence-electron chi connectivity index (χ3n) is 2.38. The third-order valence-corrected chi connectivity index (χ3v) is 4.91. The van der Waals surface area contributed by atoms with E-state index in [1.54, 1.807) is 6.07 Å². The number of sulfone groups is 1. The van der Waals surface area contributed by atoms with E-state index >= 15 is 0 Å². The molecule has 0 unspecified atom stereocenters. The fraction of sp³-hybridized carbons (Fsp3) is 0.273. The Kier molecular flexibility index (Phi) is 2.94. The van der Waals surface area contributed by atoms with Crippen LogP contribution in [0, 0.1) is 0 Å². The Balaban J connectivity index is 2.61. The normalized spacial score (nSPS) is 17.4. The van der Waals surface area contributed by atoms with Crippen LogP contribution in [-0.2, 0) is 9.84 Å². The van der Waals surface area contributed by atoms with Gasteiger partial charge in [0.05, 0.1) is 4.90 Å². The number of hydrogen-bond donors (Lipinski definition) is 0. The molecule has 1 heterocycles. The Morgan fingerprint density at radius 2 is 2.00 bits per heavy atom. The summed E-state index contributed by atoms with van der Waals surface area (Å²) in [6, 6.07) is 5.45. The van der Waals surface area contributed by atoms with Crippen molar-refractivity contribution >= 4 is 31.3 Å². The van der Waals surface area contributed by atoms with Crippen molar-refractivity contribution in [1.29, 1.82) is 0 Å². The van der Waals surface area contributed by atoms with E-state index in [9.17, 15) is 8.42 Å². The van der Waals surface area contributed by atoms with E-state index in [-0.39, 0.29) is 0 Å². The molecule has 1 aliphatic rings. The average molecular weight is 302 g/mol. The van der Waals surface area contributed by atoms with E-state index in [4.69, 9.17) is 0 Å². The summed E-state index contributed by atoms with van der Waals surface area (Å²) in [6.07, 6.45) is 0. The molecule has 1 aromatic carbocycles. The fourth-order valence-electron chi connectivity index (χ4n) is 1.82. The molecule has 0 aromatic heterocycles. The van der Waals surface area contributed by atoms with Crippen LogP contribution in [0.3, 0.4) is 0 Å². The lowest BCUT2D eigenvalue weighted by molar-refractivity contribution is 0.463. The number of hydrogen-bond acceptors (Lipinski definition) is 3. The average Bonchev–Trinajstić information content (AvgIpc) is 2.38. The summed E-state index contributed by atoms with van der Waals surface area (Å²) in [7, 11) is 0.574. The Bertz CT molecular complexity index is 561. The first-order valence-corrected chi connectivity index (χ1v) is 7.15. The van der Waals surface area contributed by atoms with Crippen molar-refractivity contribution < 1.29 is 8.42 Å². The highest BCUT2D eigenvalue weighted by molar-refractivity contribution is 9.10. The molecule has 0 saturated carbocycles. The van der Waals surface area contributed by atoms with E-state index in [1.807, 2.05) is 31.1 Å². The molecule has 0 spiro atoms. The maximum Gasteiger partial charge on any atom is 0.201 e. The molecule has 0 atom stereocenters. The van der Waals surface area contributed by atoms with Gasteiger partial charge in [-0.25, -0.2) is 8.42 Å². The Morgan fingerprint density at radius 1 is 1.31 bits per heavy atom. The smallest absolute Gasteiger partial charge is 0.201 e. The highest BCUT2D eigenvalue weighted by Crippen LogP contribution is 2.38. The van der Waals surface area contributed by atoms with Crippen LogP contribution in [0.15, 0.2) is 33.0 Å². The number of rotatable bonds is 2. The maximum atomic E-state index is 11.9. The fourth-order valence-corrected chi connectivity index (χ4v) is 4.41. The largest absolute Gasteiger partial charge is 0.305 e. The van der Waals surface area contributed by atoms with Crippen LogP contribution >= 0.6 is 15.9 Å². The number of benzene rings is 1. The van der Waals surface area contributed by atoms with Gasteiger partial charge in [-0.15, -0.1) is 0 Å². The van der Waals surface area contributed by atoms with Crippen molar-refractivity contribution in [2.24, 2.45) is 0 Å². The van der Waals surface area contributed by atoms with Gasteiger partial charge in [0.1, 0.15) is 0 Å². The monoisotopic (exact) mass is 301 g/mol. The quantitative estimate of drug-likeness (QED) is 0.840. The zero-order valence-corrected chi connectivity index (χ0v) is 11.5. The lowest BCUT2D eigenvalue weighted by atomic mass is 10.1. The highest BCUT2D eigenvalue weighted by Gasteiger charge is 2.28. The summed E-state index contributed by atoms with van der Waals surface area (Å²) < 4.78 is 24.5. The van der Waals surface area contributed by atoms with Crippen molar-refractivity contribution in [2.45, 2.75) is 4.90 Å². The van der Waals surface area contributed by atoms with Crippen molar-refractivity contribution in [3.63, 3.8) is 0 Å². The van der Waals surface area contributed by atoms with Gasteiger partial charge in [0.25, 0.3) is 0 Å². The van der Waals surface area contributed by atoms with E-state index in [1.165, 1.54) is 5.41 Å². The molecule has 0 bridgehead atoms. The summed E-state index contributed by atoms with van der Waals surface area (Å²) in [5.74, 6) is 0. The molecule has 5 heteroatoms. The molecule has 2 rings (SSSR count). The van der Waals surface area contributed by atoms with Crippen molar-refractivity contribution in [1.82, 2.24) is 4.90 Å². The molecule has 3 nitrogen and oxygen atoms in total. The van der Waals surface area contributed by atoms with Gasteiger partial charge in [-0.1, -0.05) is 12.1 Å². The molecule has 0 N–H and O–H groups in total. The second-order valence-corrected chi connectivity index (χ2v) is 6.63. The first-order valence-electron chi connectivity index (χ1n) is 4.81. The molecule has 1 aliphatic heterocycles. The summed E-state index contributed by atoms with van der Waals surface area (Å²) in [4.78, 5) is 2.35. The molecular formula is C11H12BrNO2S. The third kappa shape index (κ3) is 1.95. The van der Waals surface area contributed by atoms with Crippen molar-refractivity contribution in [3.05, 3.63) is 33.6 Å². The minimum Gasteiger partial charge on any atom is -0.305 e. The maximum absolute atomic E-state index is 11.9. The van der Waals surface area contributed by atoms with E-state index in [0.29, 0.717) is 15.9 Å². The molecule has 86 valence electrons. The molecule has 0 saturated heterocycles. The van der Waals surface area contributed by atoms with E-state index in [2.05, 4.69) is 15.9 Å². The van der Waals surface area contributed by atoms with Gasteiger partial charge in [-0.2, -0.15) is 0 Å². The van der Waals surface area contributed by atoms with Gasteiger partial charge >= 0.3 is 0 Å². The van der Waals surface area contributed by atoms with Gasteiger partial charge in [0, 0.05) is 16.4 Å². The SMILES string of the molecule is CN(C)CC1=CS(=O)(=O)c2c(Br)cccc21. The first-order chi connectivity index (χ1) is 7.42. The van der Waals surface area contributed by atoms with Gasteiger partial charge in [-0.05, 0) is 47.2 Å². The molecule has 1 aromatic rings. The van der Waals surface area contributed by atoms with Crippen molar-refractivity contribution in [3.8, 4) is 0 Å². The Morgan fingerprint density at radius 3 is 2.62 bits per heavy atom. The van der Waals surface area contributed by atoms with Crippen LogP contribution in [0.5, 0.6) is 0 Å². The molecular weight excluding hydrogens is 290 g/mol. The minimum absolute atomic E-state index is 0.395. The summed E-state index contributed by atoms with van der Waals surface area (Å²) in [6.45, 7) is 0.628. The molecule has 0 fully saturated rings. The molecule has 0 radical (unpaired) electrons. The molecule has 16 heavy (non-hydrogen) atoms. The second kappa shape index (κ2) is 3.98. The van der Waals surface area contributed by atoms with Gasteiger partial charge < -0.3 is 4.90 Å². The van der Waals surface area contributed by atoms with Gasteiger partial charge in [0.2, 0.25) is 9.84 Å². The molecule has 0 amide bonds. The van der Waals surface area contributed by atoms with Crippen LogP contribution in [0.25, 0.3) is 5.57 Å². The number of likely N-dealkylation sites (N-methyl/N-ethyl adjacent to an activating group) is 1. The summed E-state index contributed by atoms with van der Waals surface area (Å²) in [5, 5.41) is 1.36. The van der Waals surface area contributed by atoms with E-state index in [0.717, 1.165) is 11.1 Å². The predicted molar refractivity (Wildman–Crippen MR) is 67.9 cm³/mol. The number of fused-ring (bicyclic) bond motifs is 1. The summed E-state index contributed by atoms with van der Waals surface area (Å²) in [5.41, 5.74) is 1.66. The van der Waals surface area contributed by atoms with Crippen LogP contribution in [0.2, 0.25) is 0 Å². The van der Waals surface area contributed by atoms with Crippen LogP contribution in [-0.4, -0.2) is 34.0 Å². The predicted octanol–water partition coefficient (Wildman–Crippen LogP) is 2.14. The Hall–Kier alpha value is -0.650. The second-order valence-electron chi connectivity index (χ2n) is 4.04. The lowest BCUT2D eigenvalue weighted by Gasteiger charge is -2.11. The minimum atomic E-state index is -3.27. The zero-order chi connectivity index (χ0) is 11.9. The van der Waals surface area contributed by atoms with Crippen LogP contribution in [0.1, 0.15) is 5.56 Å².